The smallest absolute Gasteiger partial charge is 0.299 e. The molecule has 0 atom stereocenters. The van der Waals surface area contributed by atoms with Crippen molar-refractivity contribution in [1.82, 2.24) is 0 Å². The number of hydrogen-bond donors (Lipinski definition) is 2. The van der Waals surface area contributed by atoms with Crippen molar-refractivity contribution < 1.29 is 3.15 Å². The van der Waals surface area contributed by atoms with Crippen molar-refractivity contribution in [1.29, 1.82) is 0 Å². The number of nitrogens with one attached hydrogen (secondary N) is 1. The lowest BCUT2D eigenvalue weighted by atomic mass is 10.5. The molecule has 0 amide bonds. The van der Waals surface area contributed by atoms with E-state index in [1.54, 1.807) is 0 Å². The standard InChI is InChI=1S/C4H4ClIN2/c5-4-3(7)1-2-6-8-4/h1-2H,7H2/p+1. The Labute approximate surface area is 62.6 Å². The van der Waals surface area contributed by atoms with E-state index in [9.17, 15) is 0 Å². The second kappa shape index (κ2) is 2.59. The van der Waals surface area contributed by atoms with E-state index in [4.69, 9.17) is 17.3 Å². The maximum Gasteiger partial charge on any atom is 0.299 e. The number of halogens is 2. The second-order valence-corrected chi connectivity index (χ2v) is 3.52. The van der Waals surface area contributed by atoms with Crippen molar-refractivity contribution in [3.8, 4) is 0 Å². The van der Waals surface area contributed by atoms with Crippen LogP contribution in [0.3, 0.4) is 0 Å². The molecule has 1 heterocycles. The lowest BCUT2D eigenvalue weighted by Gasteiger charge is -1.88. The summed E-state index contributed by atoms with van der Waals surface area (Å²) < 4.78 is 5.00. The summed E-state index contributed by atoms with van der Waals surface area (Å²) in [4.78, 5) is 0. The molecular weight excluding hydrogens is 238 g/mol. The van der Waals surface area contributed by atoms with Gasteiger partial charge >= 0.3 is 0 Å². The fraction of sp³-hybridized carbons (Fsp3) is 0. The SMILES string of the molecule is NC1=C(Cl)[NH+]=IC=C1. The minimum Gasteiger partial charge on any atom is -0.393 e. The monoisotopic (exact) mass is 243 g/mol. The Morgan fingerprint density at radius 3 is 2.88 bits per heavy atom. The van der Waals surface area contributed by atoms with Gasteiger partial charge in [-0.25, -0.2) is 0 Å². The van der Waals surface area contributed by atoms with Gasteiger partial charge in [0.25, 0.3) is 5.16 Å². The second-order valence-electron chi connectivity index (χ2n) is 1.27. The molecule has 8 heavy (non-hydrogen) atoms. The molecule has 0 radical (unpaired) electrons. The molecule has 4 heteroatoms. The third-order valence-corrected chi connectivity index (χ3v) is 2.90. The predicted octanol–water partition coefficient (Wildman–Crippen LogP) is 0.115. The molecule has 0 fully saturated rings. The van der Waals surface area contributed by atoms with Crippen LogP contribution in [0.5, 0.6) is 0 Å². The first-order chi connectivity index (χ1) is 3.80. The molecule has 0 aromatic heterocycles. The average molecular weight is 243 g/mol. The van der Waals surface area contributed by atoms with E-state index in [2.05, 4.69) is 3.15 Å². The van der Waals surface area contributed by atoms with Crippen molar-refractivity contribution in [3.05, 3.63) is 21.0 Å². The first-order valence-electron chi connectivity index (χ1n) is 2.01. The Balaban J connectivity index is 2.97. The van der Waals surface area contributed by atoms with Crippen molar-refractivity contribution >= 4 is 32.6 Å². The van der Waals surface area contributed by atoms with Crippen LogP contribution < -0.4 is 8.88 Å². The summed E-state index contributed by atoms with van der Waals surface area (Å²) >= 11 is 5.53. The van der Waals surface area contributed by atoms with E-state index in [1.807, 2.05) is 10.2 Å². The van der Waals surface area contributed by atoms with E-state index in [-0.39, 0.29) is 21.0 Å². The van der Waals surface area contributed by atoms with Crippen LogP contribution in [-0.2, 0) is 0 Å². The van der Waals surface area contributed by atoms with Crippen LogP contribution in [-0.4, -0.2) is 0 Å². The van der Waals surface area contributed by atoms with Gasteiger partial charge in [0.2, 0.25) is 21.0 Å². The molecular formula is C4H5ClIN2+. The fourth-order valence-electron chi connectivity index (χ4n) is 0.306. The van der Waals surface area contributed by atoms with Gasteiger partial charge in [-0.05, 0) is 17.7 Å². The Bertz CT molecular complexity index is 162. The van der Waals surface area contributed by atoms with Crippen LogP contribution >= 0.6 is 32.6 Å². The first-order valence-corrected chi connectivity index (χ1v) is 4.71. The highest BCUT2D eigenvalue weighted by atomic mass is 127. The highest BCUT2D eigenvalue weighted by molar-refractivity contribution is 14.2. The number of rotatable bonds is 0. The average Bonchev–Trinajstić information content (AvgIpc) is 1.77. The molecule has 1 rings (SSSR count). The van der Waals surface area contributed by atoms with E-state index >= 15 is 0 Å². The minimum atomic E-state index is -0.0531. The zero-order valence-electron chi connectivity index (χ0n) is 3.99. The van der Waals surface area contributed by atoms with Crippen molar-refractivity contribution in [2.45, 2.75) is 0 Å². The van der Waals surface area contributed by atoms with Crippen molar-refractivity contribution in [2.75, 3.05) is 0 Å². The zero-order valence-corrected chi connectivity index (χ0v) is 6.90. The molecule has 44 valence electrons. The van der Waals surface area contributed by atoms with Crippen LogP contribution in [0.15, 0.2) is 21.0 Å². The van der Waals surface area contributed by atoms with Crippen LogP contribution in [0.2, 0.25) is 0 Å². The normalized spacial score (nSPS) is 18.6. The first kappa shape index (κ1) is 6.22. The molecule has 0 aromatic rings. The summed E-state index contributed by atoms with van der Waals surface area (Å²) in [6.07, 6.45) is 1.84. The van der Waals surface area contributed by atoms with Gasteiger partial charge in [0.15, 0.2) is 0 Å². The predicted molar refractivity (Wildman–Crippen MR) is 41.2 cm³/mol. The van der Waals surface area contributed by atoms with E-state index in [0.717, 1.165) is 0 Å². The maximum atomic E-state index is 5.59. The molecule has 2 nitrogen and oxygen atoms in total. The Kier molecular flexibility index (Phi) is 2.01. The van der Waals surface area contributed by atoms with Gasteiger partial charge < -0.3 is 5.73 Å². The third kappa shape index (κ3) is 1.29. The molecule has 1 aliphatic heterocycles. The van der Waals surface area contributed by atoms with Gasteiger partial charge in [0.05, 0.1) is 0 Å². The van der Waals surface area contributed by atoms with E-state index in [1.165, 1.54) is 0 Å². The fourth-order valence-corrected chi connectivity index (χ4v) is 1.98. The Hall–Kier alpha value is 0.1000. The topological polar surface area (TPSA) is 40.0 Å². The van der Waals surface area contributed by atoms with Crippen molar-refractivity contribution in [2.24, 2.45) is 5.73 Å². The summed E-state index contributed by atoms with van der Waals surface area (Å²) in [5.41, 5.74) is 6.03. The van der Waals surface area contributed by atoms with Crippen LogP contribution in [0, 0.1) is 0 Å². The molecule has 0 aromatic carbocycles. The molecule has 0 aliphatic carbocycles. The largest absolute Gasteiger partial charge is 0.393 e. The molecule has 1 aliphatic rings. The molecule has 0 saturated heterocycles. The quantitative estimate of drug-likeness (QED) is 0.460. The summed E-state index contributed by atoms with van der Waals surface area (Å²) in [5, 5.41) is 0.598. The molecule has 0 unspecified atom stereocenters. The van der Waals surface area contributed by atoms with E-state index in [0.29, 0.717) is 10.9 Å². The van der Waals surface area contributed by atoms with E-state index < -0.39 is 0 Å². The van der Waals surface area contributed by atoms with Crippen LogP contribution in [0.1, 0.15) is 0 Å². The van der Waals surface area contributed by atoms with Gasteiger partial charge in [-0.15, -0.1) is 0 Å². The van der Waals surface area contributed by atoms with Gasteiger partial charge in [0, 0.05) is 4.08 Å². The van der Waals surface area contributed by atoms with Crippen LogP contribution in [0.25, 0.3) is 0 Å². The lowest BCUT2D eigenvalue weighted by Crippen LogP contribution is -2.59. The van der Waals surface area contributed by atoms with Gasteiger partial charge in [-0.3, -0.25) is 0 Å². The highest BCUT2D eigenvalue weighted by Gasteiger charge is 2.03. The third-order valence-electron chi connectivity index (χ3n) is 0.697. The number of allylic oxidation sites excluding steroid dienone is 1. The summed E-state index contributed by atoms with van der Waals surface area (Å²) in [7, 11) is 0. The highest BCUT2D eigenvalue weighted by Crippen LogP contribution is 2.04. The Morgan fingerprint density at radius 1 is 1.75 bits per heavy atom. The number of hydrogen-bond acceptors (Lipinski definition) is 1. The molecule has 3 N–H and O–H groups in total. The molecule has 0 bridgehead atoms. The molecule has 0 spiro atoms. The van der Waals surface area contributed by atoms with Gasteiger partial charge in [-0.2, -0.15) is 3.15 Å². The van der Waals surface area contributed by atoms with Gasteiger partial charge in [-0.1, -0.05) is 0 Å². The maximum absolute atomic E-state index is 5.59. The van der Waals surface area contributed by atoms with Crippen molar-refractivity contribution in [3.63, 3.8) is 0 Å². The molecule has 0 saturated carbocycles. The summed E-state index contributed by atoms with van der Waals surface area (Å²) in [6, 6.07) is 0. The summed E-state index contributed by atoms with van der Waals surface area (Å²) in [5.74, 6) is 0. The number of nitrogens with two attached hydrogens (primary N) is 1. The van der Waals surface area contributed by atoms with Gasteiger partial charge in [0.1, 0.15) is 5.70 Å². The zero-order chi connectivity index (χ0) is 5.98. The minimum absolute atomic E-state index is 0.0531. The summed E-state index contributed by atoms with van der Waals surface area (Å²) in [6.45, 7) is 0. The lowest BCUT2D eigenvalue weighted by molar-refractivity contribution is -0.320. The Morgan fingerprint density at radius 2 is 2.50 bits per heavy atom. The van der Waals surface area contributed by atoms with Crippen LogP contribution in [0.4, 0.5) is 0 Å².